The molecule has 4 unspecified atom stereocenters. The van der Waals surface area contributed by atoms with Crippen LogP contribution < -0.4 is 0 Å². The molecule has 0 saturated carbocycles. The number of hydrogen-bond acceptors (Lipinski definition) is 9. The molecule has 0 radical (unpaired) electrons. The fraction of sp³-hybridized carbons (Fsp3) is 0.919. The van der Waals surface area contributed by atoms with Gasteiger partial charge in [0, 0.05) is 18.8 Å². The second-order valence-corrected chi connectivity index (χ2v) is 73.1. The summed E-state index contributed by atoms with van der Waals surface area (Å²) in [5.41, 5.74) is 2.62. The van der Waals surface area contributed by atoms with Gasteiger partial charge < -0.3 is 35.7 Å². The minimum absolute atomic E-state index is 0.118. The molecule has 0 aromatic heterocycles. The van der Waals surface area contributed by atoms with Crippen LogP contribution in [-0.2, 0) is 40.5 Å². The van der Waals surface area contributed by atoms with E-state index in [0.717, 1.165) is 55.8 Å². The fourth-order valence-electron chi connectivity index (χ4n) is 8.73. The van der Waals surface area contributed by atoms with Crippen molar-refractivity contribution in [2.75, 3.05) is 13.2 Å². The average Bonchev–Trinajstić information content (AvgIpc) is 3.00. The van der Waals surface area contributed by atoms with Gasteiger partial charge in [-0.3, -0.25) is 0 Å². The van der Waals surface area contributed by atoms with Crippen molar-refractivity contribution in [2.24, 2.45) is 0 Å². The number of hydrogen-bond donors (Lipinski definition) is 0. The third-order valence-electron chi connectivity index (χ3n) is 11.4. The van der Waals surface area contributed by atoms with E-state index in [1.165, 1.54) is 0 Å². The first-order valence-electron chi connectivity index (χ1n) is 21.4. The Labute approximate surface area is 346 Å². The Morgan fingerprint density at radius 1 is 0.709 bits per heavy atom. The van der Waals surface area contributed by atoms with Crippen molar-refractivity contribution < 1.29 is 40.5 Å². The molecular formula is C37H84O9Si9. The van der Waals surface area contributed by atoms with Crippen LogP contribution in [0.15, 0.2) is 11.3 Å². The normalized spacial score (nSPS) is 29.7. The molecule has 0 N–H and O–H groups in total. The Hall–Kier alpha value is 0.882. The van der Waals surface area contributed by atoms with Crippen LogP contribution >= 0.6 is 0 Å². The third kappa shape index (κ3) is 13.7. The lowest BCUT2D eigenvalue weighted by atomic mass is 10.1. The van der Waals surface area contributed by atoms with Crippen molar-refractivity contribution in [2.45, 2.75) is 206 Å². The number of carbonyl (C=O) groups is 1. The maximum atomic E-state index is 14.8. The zero-order valence-corrected chi connectivity index (χ0v) is 48.0. The highest BCUT2D eigenvalue weighted by atomic mass is 29.6. The van der Waals surface area contributed by atoms with Crippen molar-refractivity contribution in [3.8, 4) is 0 Å². The molecular weight excluding hydrogens is 841 g/mol. The average molecular weight is 926 g/mol. The Bertz CT molecular complexity index is 1220. The van der Waals surface area contributed by atoms with Gasteiger partial charge in [-0.25, -0.2) is 4.79 Å². The zero-order chi connectivity index (χ0) is 42.1. The molecule has 55 heavy (non-hydrogen) atoms. The topological polar surface area (TPSA) is 90.9 Å². The maximum absolute atomic E-state index is 14.8. The largest absolute Gasteiger partial charge is 0.464 e. The van der Waals surface area contributed by atoms with E-state index in [1.54, 1.807) is 0 Å². The number of ether oxygens (including phenoxy) is 1. The van der Waals surface area contributed by atoms with Gasteiger partial charge in [-0.2, -0.15) is 0 Å². The van der Waals surface area contributed by atoms with E-state index in [0.29, 0.717) is 19.6 Å². The van der Waals surface area contributed by atoms with Crippen LogP contribution in [0.25, 0.3) is 0 Å². The van der Waals surface area contributed by atoms with Gasteiger partial charge in [-0.05, 0) is 150 Å². The molecule has 322 valence electrons. The van der Waals surface area contributed by atoms with Crippen LogP contribution in [0.5, 0.6) is 0 Å². The summed E-state index contributed by atoms with van der Waals surface area (Å²) in [6.45, 7) is 44.3. The molecule has 9 nitrogen and oxygen atoms in total. The standard InChI is InChI=1S/C37H84O9Si9/c1-20-33(41-34(38)32(2)31-53(19)30-25-37(3,4)46-52(53,17)18)47(54(28-23-21-26-39-54)35(42-48(5,6)7)43-49(8,9)10)55(29-24-22-27-40-55)36(44-50(11,12)13)45-51(14,15)16/h31,33,35-36,47H,20-30H2,1-19H3. The van der Waals surface area contributed by atoms with Crippen LogP contribution in [0.1, 0.15) is 66.2 Å². The van der Waals surface area contributed by atoms with E-state index < -0.39 is 84.0 Å². The zero-order valence-electron chi connectivity index (χ0n) is 38.8. The Kier molecular flexibility index (Phi) is 16.9. The molecule has 3 aliphatic rings. The van der Waals surface area contributed by atoms with Gasteiger partial charge in [0.05, 0.1) is 18.9 Å². The van der Waals surface area contributed by atoms with E-state index in [9.17, 15) is 4.79 Å². The lowest BCUT2D eigenvalue weighted by Gasteiger charge is -2.57. The fourth-order valence-corrected chi connectivity index (χ4v) is 68.7. The molecule has 3 aliphatic heterocycles. The van der Waals surface area contributed by atoms with Crippen molar-refractivity contribution in [1.82, 2.24) is 0 Å². The van der Waals surface area contributed by atoms with Gasteiger partial charge in [0.2, 0.25) is 15.7 Å². The SMILES string of the molecule is CCC(OC(=O)C(C)=C[Si]1(C)CCC(C)(C)O[Si]1(C)C)[SiH]([Si]1(C(O[Si](C)(C)C)O[Si](C)(C)C)CCCCO1)[Si]1(C(O[Si](C)(C)C)O[Si](C)(C)C)CCCCO1. The van der Waals surface area contributed by atoms with E-state index in [1.807, 2.05) is 6.92 Å². The second kappa shape index (κ2) is 18.5. The quantitative estimate of drug-likeness (QED) is 0.0612. The summed E-state index contributed by atoms with van der Waals surface area (Å²) >= 11 is 0. The lowest BCUT2D eigenvalue weighted by Crippen LogP contribution is -2.84. The van der Waals surface area contributed by atoms with Crippen LogP contribution in [0.3, 0.4) is 0 Å². The van der Waals surface area contributed by atoms with Gasteiger partial charge >= 0.3 is 5.97 Å². The number of rotatable bonds is 17. The molecule has 0 spiro atoms. The van der Waals surface area contributed by atoms with Crippen molar-refractivity contribution in [3.05, 3.63) is 11.3 Å². The molecule has 18 heteroatoms. The van der Waals surface area contributed by atoms with Crippen molar-refractivity contribution in [1.29, 1.82) is 0 Å². The molecule has 0 aromatic rings. The van der Waals surface area contributed by atoms with Gasteiger partial charge in [0.1, 0.15) is 19.7 Å². The highest BCUT2D eigenvalue weighted by Gasteiger charge is 2.70. The molecule has 4 atom stereocenters. The molecule has 3 rings (SSSR count). The van der Waals surface area contributed by atoms with Crippen LogP contribution in [0, 0.1) is 0 Å². The first kappa shape index (κ1) is 50.2. The summed E-state index contributed by atoms with van der Waals surface area (Å²) in [4.78, 5) is 14.8. The van der Waals surface area contributed by atoms with Crippen LogP contribution in [0.2, 0.25) is 116 Å². The van der Waals surface area contributed by atoms with Gasteiger partial charge in [0.15, 0.2) is 41.1 Å². The third-order valence-corrected chi connectivity index (χ3v) is 62.9. The summed E-state index contributed by atoms with van der Waals surface area (Å²) in [7, 11) is -21.3. The molecule has 3 fully saturated rings. The minimum Gasteiger partial charge on any atom is -0.464 e. The van der Waals surface area contributed by atoms with E-state index in [4.69, 9.17) is 35.7 Å². The molecule has 3 saturated heterocycles. The van der Waals surface area contributed by atoms with E-state index >= 15 is 0 Å². The second-order valence-electron chi connectivity index (χ2n) is 22.1. The molecule has 0 bridgehead atoms. The predicted molar refractivity (Wildman–Crippen MR) is 252 cm³/mol. The predicted octanol–water partition coefficient (Wildman–Crippen LogP) is 9.93. The Balaban J connectivity index is 2.36. The number of carbonyl (C=O) groups excluding carboxylic acids is 1. The monoisotopic (exact) mass is 924 g/mol. The minimum atomic E-state index is -3.05. The van der Waals surface area contributed by atoms with Gasteiger partial charge in [-0.15, -0.1) is 0 Å². The molecule has 0 aliphatic carbocycles. The van der Waals surface area contributed by atoms with Crippen LogP contribution in [-0.4, -0.2) is 115 Å². The molecule has 3 heterocycles. The first-order valence-corrected chi connectivity index (χ1v) is 50.4. The summed E-state index contributed by atoms with van der Waals surface area (Å²) < 4.78 is 58.3. The van der Waals surface area contributed by atoms with E-state index in [-0.39, 0.29) is 17.3 Å². The van der Waals surface area contributed by atoms with Gasteiger partial charge in [-0.1, -0.05) is 38.1 Å². The summed E-state index contributed by atoms with van der Waals surface area (Å²) in [6, 6.07) is 2.98. The maximum Gasteiger partial charge on any atom is 0.332 e. The van der Waals surface area contributed by atoms with Gasteiger partial charge in [0.25, 0.3) is 0 Å². The highest BCUT2D eigenvalue weighted by molar-refractivity contribution is 7.59. The van der Waals surface area contributed by atoms with Crippen LogP contribution in [0.4, 0.5) is 0 Å². The molecule has 0 amide bonds. The van der Waals surface area contributed by atoms with Crippen molar-refractivity contribution >= 4 is 78.2 Å². The highest BCUT2D eigenvalue weighted by Crippen LogP contribution is 2.45. The summed E-state index contributed by atoms with van der Waals surface area (Å²) in [5, 5.41) is 0. The smallest absolute Gasteiger partial charge is 0.332 e. The van der Waals surface area contributed by atoms with E-state index in [2.05, 4.69) is 125 Å². The summed E-state index contributed by atoms with van der Waals surface area (Å²) in [6.07, 6.45) is 5.84. The molecule has 0 aromatic carbocycles. The Morgan fingerprint density at radius 2 is 1.11 bits per heavy atom. The Morgan fingerprint density at radius 3 is 1.42 bits per heavy atom. The lowest BCUT2D eigenvalue weighted by molar-refractivity contribution is -0.141. The first-order chi connectivity index (χ1) is 24.8. The number of esters is 1. The summed E-state index contributed by atoms with van der Waals surface area (Å²) in [5.74, 6) is -1.08. The van der Waals surface area contributed by atoms with Crippen molar-refractivity contribution in [3.63, 3.8) is 0 Å².